The summed E-state index contributed by atoms with van der Waals surface area (Å²) in [6.07, 6.45) is 1.67. The summed E-state index contributed by atoms with van der Waals surface area (Å²) < 4.78 is 0. The van der Waals surface area contributed by atoms with Crippen LogP contribution in [0, 0.1) is 13.8 Å². The number of rotatable bonds is 0. The number of hydrogen-bond acceptors (Lipinski definition) is 1. The molecule has 1 nitrogen and oxygen atoms in total. The van der Waals surface area contributed by atoms with Crippen molar-refractivity contribution in [1.29, 1.82) is 0 Å². The van der Waals surface area contributed by atoms with E-state index in [4.69, 9.17) is 7.85 Å². The van der Waals surface area contributed by atoms with Crippen LogP contribution in [0.3, 0.4) is 0 Å². The summed E-state index contributed by atoms with van der Waals surface area (Å²) in [5, 5.41) is 0. The molecule has 0 aliphatic carbocycles. The van der Waals surface area contributed by atoms with Gasteiger partial charge < -0.3 is 0 Å². The van der Waals surface area contributed by atoms with Gasteiger partial charge in [0, 0.05) is 11.9 Å². The van der Waals surface area contributed by atoms with Gasteiger partial charge in [0.05, 0.1) is 0 Å². The van der Waals surface area contributed by atoms with Gasteiger partial charge in [0.2, 0.25) is 0 Å². The van der Waals surface area contributed by atoms with Crippen LogP contribution in [0.25, 0.3) is 0 Å². The third kappa shape index (κ3) is 1.32. The van der Waals surface area contributed by atoms with Gasteiger partial charge in [-0.25, -0.2) is 0 Å². The van der Waals surface area contributed by atoms with Gasteiger partial charge in [-0.15, -0.1) is 0 Å². The minimum atomic E-state index is 0.734. The van der Waals surface area contributed by atoms with Gasteiger partial charge in [0.15, 0.2) is 0 Å². The fourth-order valence-corrected chi connectivity index (χ4v) is 0.665. The largest absolute Gasteiger partial charge is 0.262 e. The topological polar surface area (TPSA) is 12.9 Å². The van der Waals surface area contributed by atoms with Gasteiger partial charge in [-0.1, -0.05) is 11.5 Å². The Kier molecular flexibility index (Phi) is 1.56. The summed E-state index contributed by atoms with van der Waals surface area (Å²) in [5.74, 6) is 0. The second kappa shape index (κ2) is 2.22. The van der Waals surface area contributed by atoms with Crippen molar-refractivity contribution in [3.8, 4) is 0 Å². The third-order valence-corrected chi connectivity index (χ3v) is 1.36. The van der Waals surface area contributed by atoms with E-state index >= 15 is 0 Å². The van der Waals surface area contributed by atoms with Crippen molar-refractivity contribution in [2.45, 2.75) is 13.8 Å². The van der Waals surface area contributed by atoms with Gasteiger partial charge in [0.1, 0.15) is 7.85 Å². The first kappa shape index (κ1) is 6.34. The van der Waals surface area contributed by atoms with Gasteiger partial charge in [0.25, 0.3) is 0 Å². The average Bonchev–Trinajstić information content (AvgIpc) is 1.80. The van der Waals surface area contributed by atoms with Crippen LogP contribution >= 0.6 is 0 Å². The monoisotopic (exact) mass is 117 g/mol. The van der Waals surface area contributed by atoms with Crippen molar-refractivity contribution in [3.63, 3.8) is 0 Å². The standard InChI is InChI=1S/C7H8BN/c1-5-3-7(8)4-9-6(5)2/h3-4H,1-2H3. The Morgan fingerprint density at radius 1 is 1.44 bits per heavy atom. The molecular formula is C7H8BN. The fourth-order valence-electron chi connectivity index (χ4n) is 0.665. The zero-order valence-corrected chi connectivity index (χ0v) is 5.68. The van der Waals surface area contributed by atoms with Crippen LogP contribution < -0.4 is 5.46 Å². The number of pyridine rings is 1. The highest BCUT2D eigenvalue weighted by molar-refractivity contribution is 6.32. The number of aromatic nitrogens is 1. The van der Waals surface area contributed by atoms with Crippen LogP contribution in [-0.2, 0) is 0 Å². The smallest absolute Gasteiger partial charge is 0.115 e. The van der Waals surface area contributed by atoms with E-state index in [-0.39, 0.29) is 0 Å². The van der Waals surface area contributed by atoms with Gasteiger partial charge in [-0.2, -0.15) is 0 Å². The molecular weight excluding hydrogens is 109 g/mol. The molecule has 1 aromatic rings. The molecule has 0 amide bonds. The molecule has 0 N–H and O–H groups in total. The van der Waals surface area contributed by atoms with Crippen LogP contribution in [0.4, 0.5) is 0 Å². The summed E-state index contributed by atoms with van der Waals surface area (Å²) >= 11 is 0. The summed E-state index contributed by atoms with van der Waals surface area (Å²) in [6.45, 7) is 3.97. The highest BCUT2D eigenvalue weighted by Gasteiger charge is 1.90. The minimum Gasteiger partial charge on any atom is -0.262 e. The van der Waals surface area contributed by atoms with E-state index in [1.807, 2.05) is 19.9 Å². The zero-order valence-electron chi connectivity index (χ0n) is 5.68. The molecule has 9 heavy (non-hydrogen) atoms. The van der Waals surface area contributed by atoms with Crippen molar-refractivity contribution >= 4 is 13.3 Å². The molecule has 44 valence electrons. The normalized spacial score (nSPS) is 9.56. The first-order chi connectivity index (χ1) is 4.20. The maximum Gasteiger partial charge on any atom is 0.115 e. The third-order valence-electron chi connectivity index (χ3n) is 1.36. The van der Waals surface area contributed by atoms with Crippen LogP contribution in [-0.4, -0.2) is 12.8 Å². The Balaban J connectivity index is 3.17. The Hall–Kier alpha value is -0.785. The molecule has 0 bridgehead atoms. The van der Waals surface area contributed by atoms with Crippen LogP contribution in [0.5, 0.6) is 0 Å². The molecule has 0 aliphatic heterocycles. The van der Waals surface area contributed by atoms with Crippen molar-refractivity contribution < 1.29 is 0 Å². The molecule has 2 radical (unpaired) electrons. The minimum absolute atomic E-state index is 0.734. The summed E-state index contributed by atoms with van der Waals surface area (Å²) in [5.41, 5.74) is 2.93. The summed E-state index contributed by atoms with van der Waals surface area (Å²) in [4.78, 5) is 4.05. The maximum atomic E-state index is 5.46. The molecule has 0 aliphatic rings. The van der Waals surface area contributed by atoms with E-state index in [9.17, 15) is 0 Å². The maximum absolute atomic E-state index is 5.46. The molecule has 0 aromatic carbocycles. The summed E-state index contributed by atoms with van der Waals surface area (Å²) in [7, 11) is 5.46. The number of aryl methyl sites for hydroxylation is 2. The van der Waals surface area contributed by atoms with E-state index in [2.05, 4.69) is 4.98 Å². The molecule has 0 saturated carbocycles. The molecule has 1 heterocycles. The van der Waals surface area contributed by atoms with E-state index in [0.29, 0.717) is 0 Å². The van der Waals surface area contributed by atoms with Crippen molar-refractivity contribution in [2.24, 2.45) is 0 Å². The van der Waals surface area contributed by atoms with Crippen LogP contribution in [0.15, 0.2) is 12.3 Å². The molecule has 1 rings (SSSR count). The van der Waals surface area contributed by atoms with E-state index in [1.165, 1.54) is 0 Å². The van der Waals surface area contributed by atoms with E-state index in [1.54, 1.807) is 6.20 Å². The lowest BCUT2D eigenvalue weighted by atomic mass is 9.97. The Morgan fingerprint density at radius 3 is 2.56 bits per heavy atom. The lowest BCUT2D eigenvalue weighted by Crippen LogP contribution is -2.04. The first-order valence-electron chi connectivity index (χ1n) is 2.89. The SMILES string of the molecule is [B]c1cnc(C)c(C)c1. The number of hydrogen-bond donors (Lipinski definition) is 0. The van der Waals surface area contributed by atoms with Crippen molar-refractivity contribution in [1.82, 2.24) is 4.98 Å². The predicted octanol–water partition coefficient (Wildman–Crippen LogP) is 0.492. The first-order valence-corrected chi connectivity index (χ1v) is 2.89. The second-order valence-corrected chi connectivity index (χ2v) is 2.17. The highest BCUT2D eigenvalue weighted by Crippen LogP contribution is 1.96. The van der Waals surface area contributed by atoms with Gasteiger partial charge in [-0.05, 0) is 19.4 Å². The van der Waals surface area contributed by atoms with Crippen LogP contribution in [0.2, 0.25) is 0 Å². The molecule has 0 atom stereocenters. The van der Waals surface area contributed by atoms with E-state index < -0.39 is 0 Å². The zero-order chi connectivity index (χ0) is 6.85. The van der Waals surface area contributed by atoms with Gasteiger partial charge >= 0.3 is 0 Å². The Bertz CT molecular complexity index is 220. The molecule has 0 saturated heterocycles. The average molecular weight is 117 g/mol. The Labute approximate surface area is 56.5 Å². The highest BCUT2D eigenvalue weighted by atomic mass is 14.7. The molecule has 1 aromatic heterocycles. The quantitative estimate of drug-likeness (QED) is 0.450. The second-order valence-electron chi connectivity index (χ2n) is 2.17. The van der Waals surface area contributed by atoms with Crippen molar-refractivity contribution in [2.75, 3.05) is 0 Å². The molecule has 0 fully saturated rings. The summed E-state index contributed by atoms with van der Waals surface area (Å²) in [6, 6.07) is 1.92. The van der Waals surface area contributed by atoms with Crippen molar-refractivity contribution in [3.05, 3.63) is 23.5 Å². The number of nitrogens with zero attached hydrogens (tertiary/aromatic N) is 1. The molecule has 0 spiro atoms. The Morgan fingerprint density at radius 2 is 2.11 bits per heavy atom. The fraction of sp³-hybridized carbons (Fsp3) is 0.286. The van der Waals surface area contributed by atoms with E-state index in [0.717, 1.165) is 16.7 Å². The van der Waals surface area contributed by atoms with Crippen LogP contribution in [0.1, 0.15) is 11.3 Å². The van der Waals surface area contributed by atoms with Gasteiger partial charge in [-0.3, -0.25) is 4.98 Å². The lowest BCUT2D eigenvalue weighted by molar-refractivity contribution is 1.16. The molecule has 0 unspecified atom stereocenters. The molecule has 2 heteroatoms. The lowest BCUT2D eigenvalue weighted by Gasteiger charge is -1.97. The predicted molar refractivity (Wildman–Crippen MR) is 39.1 cm³/mol.